The van der Waals surface area contributed by atoms with Crippen LogP contribution >= 0.6 is 0 Å². The molecule has 1 aliphatic rings. The van der Waals surface area contributed by atoms with Gasteiger partial charge in [-0.05, 0) is 44.0 Å². The van der Waals surface area contributed by atoms with Gasteiger partial charge in [0, 0.05) is 11.3 Å². The van der Waals surface area contributed by atoms with Gasteiger partial charge in [0.1, 0.15) is 11.7 Å². The molecule has 148 valence electrons. The van der Waals surface area contributed by atoms with Gasteiger partial charge in [0.15, 0.2) is 6.04 Å². The van der Waals surface area contributed by atoms with Gasteiger partial charge in [-0.25, -0.2) is 4.39 Å². The fourth-order valence-electron chi connectivity index (χ4n) is 3.79. The van der Waals surface area contributed by atoms with Crippen LogP contribution in [0.15, 0.2) is 54.6 Å². The largest absolute Gasteiger partial charge is 0.466 e. The van der Waals surface area contributed by atoms with Crippen molar-refractivity contribution in [3.63, 3.8) is 0 Å². The number of amides is 1. The van der Waals surface area contributed by atoms with Crippen molar-refractivity contribution in [1.82, 2.24) is 0 Å². The minimum Gasteiger partial charge on any atom is -0.466 e. The molecule has 1 fully saturated rings. The number of anilines is 1. The molecule has 1 unspecified atom stereocenters. The lowest BCUT2D eigenvalue weighted by atomic mass is 9.94. The summed E-state index contributed by atoms with van der Waals surface area (Å²) in [5.74, 6) is -0.909. The molecule has 0 saturated carbocycles. The summed E-state index contributed by atoms with van der Waals surface area (Å²) in [5, 5.41) is 2.89. The summed E-state index contributed by atoms with van der Waals surface area (Å²) in [7, 11) is 0. The summed E-state index contributed by atoms with van der Waals surface area (Å²) in [6, 6.07) is 14.8. The zero-order chi connectivity index (χ0) is 19.9. The van der Waals surface area contributed by atoms with E-state index in [2.05, 4.69) is 5.32 Å². The van der Waals surface area contributed by atoms with Crippen LogP contribution in [0.3, 0.4) is 0 Å². The molecule has 5 nitrogen and oxygen atoms in total. The highest BCUT2D eigenvalue weighted by molar-refractivity contribution is 5.94. The highest BCUT2D eigenvalue weighted by atomic mass is 19.1. The number of hydrogen-bond acceptors (Lipinski definition) is 3. The number of piperidine rings is 1. The minimum atomic E-state index is -0.455. The predicted octanol–water partition coefficient (Wildman–Crippen LogP) is 2.36. The molecule has 2 aromatic carbocycles. The Morgan fingerprint density at radius 2 is 1.89 bits per heavy atom. The van der Waals surface area contributed by atoms with Gasteiger partial charge in [-0.3, -0.25) is 9.59 Å². The van der Waals surface area contributed by atoms with Crippen molar-refractivity contribution >= 4 is 17.6 Å². The van der Waals surface area contributed by atoms with Crippen molar-refractivity contribution in [2.24, 2.45) is 5.92 Å². The first-order valence-corrected chi connectivity index (χ1v) is 9.71. The Balaban J connectivity index is 1.81. The Hall–Kier alpha value is -2.73. The van der Waals surface area contributed by atoms with E-state index in [1.165, 1.54) is 12.1 Å². The summed E-state index contributed by atoms with van der Waals surface area (Å²) < 4.78 is 18.4. The summed E-state index contributed by atoms with van der Waals surface area (Å²) >= 11 is 0. The third-order valence-electron chi connectivity index (χ3n) is 5.09. The summed E-state index contributed by atoms with van der Waals surface area (Å²) in [4.78, 5) is 26.4. The van der Waals surface area contributed by atoms with E-state index >= 15 is 0 Å². The number of carbonyl (C=O) groups excluding carboxylic acids is 2. The van der Waals surface area contributed by atoms with Crippen LogP contribution in [0.1, 0.15) is 31.4 Å². The molecular weight excluding hydrogens is 359 g/mol. The van der Waals surface area contributed by atoms with Crippen molar-refractivity contribution in [1.29, 1.82) is 0 Å². The SMILES string of the molecule is CCOC(=O)[C@@H]1CCC[NH+]([C@H](C(=O)Nc2ccc(F)cc2)c2ccccc2)C1. The van der Waals surface area contributed by atoms with Crippen LogP contribution in [-0.4, -0.2) is 31.6 Å². The van der Waals surface area contributed by atoms with Crippen molar-refractivity contribution in [3.05, 3.63) is 66.0 Å². The number of hydrogen-bond donors (Lipinski definition) is 2. The third kappa shape index (κ3) is 4.95. The van der Waals surface area contributed by atoms with Crippen molar-refractivity contribution in [2.75, 3.05) is 25.0 Å². The Labute approximate surface area is 164 Å². The fraction of sp³-hybridized carbons (Fsp3) is 0.364. The van der Waals surface area contributed by atoms with Gasteiger partial charge >= 0.3 is 5.97 Å². The summed E-state index contributed by atoms with van der Waals surface area (Å²) in [5.41, 5.74) is 1.44. The Morgan fingerprint density at radius 1 is 1.18 bits per heavy atom. The monoisotopic (exact) mass is 385 g/mol. The van der Waals surface area contributed by atoms with Gasteiger partial charge in [0.25, 0.3) is 5.91 Å². The first kappa shape index (κ1) is 20.0. The van der Waals surface area contributed by atoms with E-state index in [9.17, 15) is 14.0 Å². The number of ether oxygens (including phenoxy) is 1. The van der Waals surface area contributed by atoms with E-state index in [1.54, 1.807) is 19.1 Å². The van der Waals surface area contributed by atoms with Crippen LogP contribution in [0.5, 0.6) is 0 Å². The van der Waals surface area contributed by atoms with Gasteiger partial charge in [0.2, 0.25) is 0 Å². The lowest BCUT2D eigenvalue weighted by Gasteiger charge is -2.34. The molecule has 0 aromatic heterocycles. The molecule has 1 aliphatic heterocycles. The molecule has 0 bridgehead atoms. The molecule has 1 amide bonds. The summed E-state index contributed by atoms with van der Waals surface area (Å²) in [6.07, 6.45) is 1.63. The molecule has 2 N–H and O–H groups in total. The number of likely N-dealkylation sites (tertiary alicyclic amines) is 1. The second-order valence-corrected chi connectivity index (χ2v) is 7.04. The van der Waals surface area contributed by atoms with Crippen molar-refractivity contribution in [2.45, 2.75) is 25.8 Å². The molecule has 28 heavy (non-hydrogen) atoms. The van der Waals surface area contributed by atoms with Crippen LogP contribution in [0.2, 0.25) is 0 Å². The smallest absolute Gasteiger partial charge is 0.314 e. The second kappa shape index (κ2) is 9.46. The maximum Gasteiger partial charge on any atom is 0.314 e. The standard InChI is InChI=1S/C22H25FN2O3/c1-2-28-22(27)17-9-6-14-25(15-17)20(16-7-4-3-5-8-16)21(26)24-19-12-10-18(23)11-13-19/h3-5,7-8,10-13,17,20H,2,6,9,14-15H2,1H3,(H,24,26)/p+1/t17-,20+/m1/s1. The van der Waals surface area contributed by atoms with Crippen molar-refractivity contribution < 1.29 is 23.6 Å². The molecule has 3 rings (SSSR count). The van der Waals surface area contributed by atoms with E-state index in [1.807, 2.05) is 30.3 Å². The van der Waals surface area contributed by atoms with Gasteiger partial charge in [-0.1, -0.05) is 30.3 Å². The van der Waals surface area contributed by atoms with Crippen LogP contribution in [0, 0.1) is 11.7 Å². The molecule has 0 aliphatic carbocycles. The van der Waals surface area contributed by atoms with Crippen LogP contribution in [-0.2, 0) is 14.3 Å². The van der Waals surface area contributed by atoms with Gasteiger partial charge in [0.05, 0.1) is 19.7 Å². The van der Waals surface area contributed by atoms with Crippen LogP contribution in [0.25, 0.3) is 0 Å². The Bertz CT molecular complexity index is 795. The molecule has 6 heteroatoms. The first-order valence-electron chi connectivity index (χ1n) is 9.71. The van der Waals surface area contributed by atoms with Crippen LogP contribution < -0.4 is 10.2 Å². The van der Waals surface area contributed by atoms with E-state index in [0.717, 1.165) is 29.8 Å². The number of benzene rings is 2. The molecule has 2 aromatic rings. The number of quaternary nitrogens is 1. The number of carbonyl (C=O) groups is 2. The lowest BCUT2D eigenvalue weighted by molar-refractivity contribution is -0.929. The highest BCUT2D eigenvalue weighted by Crippen LogP contribution is 2.17. The van der Waals surface area contributed by atoms with E-state index < -0.39 is 6.04 Å². The fourth-order valence-corrected chi connectivity index (χ4v) is 3.79. The molecule has 0 spiro atoms. The maximum absolute atomic E-state index is 13.2. The first-order chi connectivity index (χ1) is 13.6. The second-order valence-electron chi connectivity index (χ2n) is 7.04. The Morgan fingerprint density at radius 3 is 2.57 bits per heavy atom. The van der Waals surface area contributed by atoms with Crippen LogP contribution in [0.4, 0.5) is 10.1 Å². The van der Waals surface area contributed by atoms with Gasteiger partial charge < -0.3 is 15.0 Å². The number of halogens is 1. The lowest BCUT2D eigenvalue weighted by Crippen LogP contribution is -3.15. The topological polar surface area (TPSA) is 59.8 Å². The van der Waals surface area contributed by atoms with Gasteiger partial charge in [-0.15, -0.1) is 0 Å². The molecule has 1 saturated heterocycles. The average Bonchev–Trinajstić information content (AvgIpc) is 2.71. The Kier molecular flexibility index (Phi) is 6.76. The van der Waals surface area contributed by atoms with E-state index in [0.29, 0.717) is 18.8 Å². The molecule has 0 radical (unpaired) electrons. The molecule has 3 atom stereocenters. The highest BCUT2D eigenvalue weighted by Gasteiger charge is 2.38. The van der Waals surface area contributed by atoms with E-state index in [4.69, 9.17) is 4.74 Å². The quantitative estimate of drug-likeness (QED) is 0.751. The zero-order valence-electron chi connectivity index (χ0n) is 16.0. The molecular formula is C22H26FN2O3+. The zero-order valence-corrected chi connectivity index (χ0v) is 16.0. The van der Waals surface area contributed by atoms with Crippen molar-refractivity contribution in [3.8, 4) is 0 Å². The minimum absolute atomic E-state index is 0.169. The van der Waals surface area contributed by atoms with Gasteiger partial charge in [-0.2, -0.15) is 0 Å². The summed E-state index contributed by atoms with van der Waals surface area (Å²) in [6.45, 7) is 3.51. The van der Waals surface area contributed by atoms with E-state index in [-0.39, 0.29) is 23.6 Å². The number of rotatable bonds is 6. The average molecular weight is 385 g/mol. The third-order valence-corrected chi connectivity index (χ3v) is 5.09. The predicted molar refractivity (Wildman–Crippen MR) is 104 cm³/mol. The normalized spacial score (nSPS) is 20.2. The molecule has 1 heterocycles. The maximum atomic E-state index is 13.2. The number of esters is 1. The number of nitrogens with one attached hydrogen (secondary N) is 2.